The molecule has 1 amide bonds. The van der Waals surface area contributed by atoms with Gasteiger partial charge in [0.05, 0.1) is 12.7 Å². The number of rotatable bonds is 7. The molecule has 0 aliphatic rings. The molecule has 0 radical (unpaired) electrons. The summed E-state index contributed by atoms with van der Waals surface area (Å²) in [6, 6.07) is 3.30. The number of nitrogens with zero attached hydrogens (tertiary/aromatic N) is 3. The van der Waals surface area contributed by atoms with Crippen LogP contribution in [0.15, 0.2) is 12.1 Å². The summed E-state index contributed by atoms with van der Waals surface area (Å²) in [5, 5.41) is 20.1. The van der Waals surface area contributed by atoms with Gasteiger partial charge in [0, 0.05) is 27.2 Å². The number of hydrogen-bond donors (Lipinski definition) is 2. The van der Waals surface area contributed by atoms with E-state index in [1.54, 1.807) is 24.1 Å². The van der Waals surface area contributed by atoms with Gasteiger partial charge in [0.1, 0.15) is 0 Å². The molecule has 0 saturated carbocycles. The first-order valence-corrected chi connectivity index (χ1v) is 6.08. The highest BCUT2D eigenvalue weighted by Gasteiger charge is 2.12. The summed E-state index contributed by atoms with van der Waals surface area (Å²) >= 11 is 0. The van der Waals surface area contributed by atoms with Crippen LogP contribution in [0.4, 0.5) is 5.82 Å². The van der Waals surface area contributed by atoms with Gasteiger partial charge in [-0.05, 0) is 19.1 Å². The minimum absolute atomic E-state index is 0.247. The molecule has 106 valence electrons. The lowest BCUT2D eigenvalue weighted by Gasteiger charge is -2.20. The van der Waals surface area contributed by atoms with Crippen LogP contribution in [0.5, 0.6) is 0 Å². The molecule has 1 heterocycles. The maximum Gasteiger partial charge on any atom is 0.271 e. The first kappa shape index (κ1) is 15.3. The predicted molar refractivity (Wildman–Crippen MR) is 71.2 cm³/mol. The van der Waals surface area contributed by atoms with Gasteiger partial charge in [-0.25, -0.2) is 0 Å². The van der Waals surface area contributed by atoms with Crippen molar-refractivity contribution in [3.63, 3.8) is 0 Å². The number of carbonyl (C=O) groups is 1. The summed E-state index contributed by atoms with van der Waals surface area (Å²) in [6.07, 6.45) is -0.597. The van der Waals surface area contributed by atoms with Gasteiger partial charge in [-0.1, -0.05) is 0 Å². The third-order valence-corrected chi connectivity index (χ3v) is 2.46. The molecule has 0 aromatic carbocycles. The van der Waals surface area contributed by atoms with E-state index >= 15 is 0 Å². The smallest absolute Gasteiger partial charge is 0.271 e. The average Bonchev–Trinajstić information content (AvgIpc) is 2.39. The molecular formula is C12H20N4O3. The van der Waals surface area contributed by atoms with E-state index in [2.05, 4.69) is 15.5 Å². The molecule has 1 atom stereocenters. The van der Waals surface area contributed by atoms with Crippen LogP contribution in [0.1, 0.15) is 17.4 Å². The number of anilines is 1. The highest BCUT2D eigenvalue weighted by molar-refractivity contribution is 5.92. The highest BCUT2D eigenvalue weighted by atomic mass is 16.5. The Morgan fingerprint density at radius 2 is 2.26 bits per heavy atom. The monoisotopic (exact) mass is 268 g/mol. The van der Waals surface area contributed by atoms with E-state index in [-0.39, 0.29) is 18.2 Å². The van der Waals surface area contributed by atoms with Crippen molar-refractivity contribution in [1.82, 2.24) is 15.5 Å². The van der Waals surface area contributed by atoms with E-state index < -0.39 is 6.10 Å². The van der Waals surface area contributed by atoms with Gasteiger partial charge in [-0.3, -0.25) is 4.79 Å². The molecule has 0 fully saturated rings. The second-order valence-electron chi connectivity index (χ2n) is 4.13. The zero-order valence-electron chi connectivity index (χ0n) is 11.5. The Morgan fingerprint density at radius 1 is 1.53 bits per heavy atom. The fourth-order valence-electron chi connectivity index (χ4n) is 1.56. The van der Waals surface area contributed by atoms with Crippen LogP contribution < -0.4 is 10.2 Å². The Bertz CT molecular complexity index is 396. The largest absolute Gasteiger partial charge is 0.389 e. The number of amides is 1. The van der Waals surface area contributed by atoms with Crippen molar-refractivity contribution in [2.24, 2.45) is 0 Å². The van der Waals surface area contributed by atoms with Crippen LogP contribution in [0.2, 0.25) is 0 Å². The van der Waals surface area contributed by atoms with E-state index in [1.165, 1.54) is 7.11 Å². The third kappa shape index (κ3) is 4.80. The Kier molecular flexibility index (Phi) is 6.17. The van der Waals surface area contributed by atoms with Crippen molar-refractivity contribution in [2.75, 3.05) is 38.8 Å². The van der Waals surface area contributed by atoms with Crippen molar-refractivity contribution in [3.05, 3.63) is 17.8 Å². The standard InChI is InChI=1S/C12H20N4O3/c1-4-13-12(18)10-5-6-11(15-14-10)16(2)7-9(17)8-19-3/h5-6,9,17H,4,7-8H2,1-3H3,(H,13,18). The Labute approximate surface area is 112 Å². The molecule has 0 aliphatic heterocycles. The van der Waals surface area contributed by atoms with E-state index in [0.717, 1.165) is 0 Å². The molecule has 2 N–H and O–H groups in total. The summed E-state index contributed by atoms with van der Waals surface area (Å²) in [5.74, 6) is 0.340. The number of aliphatic hydroxyl groups is 1. The third-order valence-electron chi connectivity index (χ3n) is 2.46. The first-order valence-electron chi connectivity index (χ1n) is 6.08. The SMILES string of the molecule is CCNC(=O)c1ccc(N(C)CC(O)COC)nn1. The topological polar surface area (TPSA) is 87.6 Å². The predicted octanol–water partition coefficient (Wildman–Crippen LogP) is -0.330. The summed E-state index contributed by atoms with van der Waals surface area (Å²) in [5.41, 5.74) is 0.274. The van der Waals surface area contributed by atoms with Crippen LogP contribution in [0.3, 0.4) is 0 Å². The van der Waals surface area contributed by atoms with Gasteiger partial charge in [-0.15, -0.1) is 10.2 Å². The number of methoxy groups -OCH3 is 1. The Morgan fingerprint density at radius 3 is 2.79 bits per heavy atom. The number of hydrogen-bond acceptors (Lipinski definition) is 6. The molecule has 19 heavy (non-hydrogen) atoms. The molecule has 1 aromatic rings. The van der Waals surface area contributed by atoms with Gasteiger partial charge in [0.2, 0.25) is 0 Å². The molecule has 7 heteroatoms. The Balaban J connectivity index is 2.62. The molecule has 0 saturated heterocycles. The summed E-state index contributed by atoms with van der Waals surface area (Å²) in [6.45, 7) is 3.02. The van der Waals surface area contributed by atoms with Crippen molar-refractivity contribution < 1.29 is 14.6 Å². The van der Waals surface area contributed by atoms with Crippen LogP contribution in [-0.4, -0.2) is 61.2 Å². The number of ether oxygens (including phenoxy) is 1. The van der Waals surface area contributed by atoms with Gasteiger partial charge in [0.25, 0.3) is 5.91 Å². The number of carbonyl (C=O) groups excluding carboxylic acids is 1. The molecular weight excluding hydrogens is 248 g/mol. The summed E-state index contributed by atoms with van der Waals surface area (Å²) in [7, 11) is 3.32. The van der Waals surface area contributed by atoms with Crippen molar-refractivity contribution in [1.29, 1.82) is 0 Å². The lowest BCUT2D eigenvalue weighted by atomic mass is 10.3. The molecule has 7 nitrogen and oxygen atoms in total. The number of aliphatic hydroxyl groups excluding tert-OH is 1. The minimum Gasteiger partial charge on any atom is -0.389 e. The quantitative estimate of drug-likeness (QED) is 0.704. The highest BCUT2D eigenvalue weighted by Crippen LogP contribution is 2.08. The first-order chi connectivity index (χ1) is 9.08. The van der Waals surface area contributed by atoms with Crippen LogP contribution in [0.25, 0.3) is 0 Å². The van der Waals surface area contributed by atoms with E-state index in [9.17, 15) is 9.90 Å². The van der Waals surface area contributed by atoms with E-state index in [1.807, 2.05) is 6.92 Å². The fourth-order valence-corrected chi connectivity index (χ4v) is 1.56. The lowest BCUT2D eigenvalue weighted by molar-refractivity contribution is 0.0694. The normalized spacial score (nSPS) is 12.0. The molecule has 1 aromatic heterocycles. The maximum absolute atomic E-state index is 11.5. The molecule has 1 rings (SSSR count). The number of likely N-dealkylation sites (N-methyl/N-ethyl adjacent to an activating group) is 1. The van der Waals surface area contributed by atoms with Crippen LogP contribution in [0, 0.1) is 0 Å². The average molecular weight is 268 g/mol. The molecule has 0 spiro atoms. The Hall–Kier alpha value is -1.73. The maximum atomic E-state index is 11.5. The zero-order valence-corrected chi connectivity index (χ0v) is 11.5. The van der Waals surface area contributed by atoms with E-state index in [0.29, 0.717) is 18.9 Å². The van der Waals surface area contributed by atoms with Crippen molar-refractivity contribution in [2.45, 2.75) is 13.0 Å². The van der Waals surface area contributed by atoms with E-state index in [4.69, 9.17) is 4.74 Å². The van der Waals surface area contributed by atoms with Crippen LogP contribution >= 0.6 is 0 Å². The molecule has 0 bridgehead atoms. The van der Waals surface area contributed by atoms with Gasteiger partial charge >= 0.3 is 0 Å². The van der Waals surface area contributed by atoms with Gasteiger partial charge in [0.15, 0.2) is 11.5 Å². The van der Waals surface area contributed by atoms with Crippen LogP contribution in [-0.2, 0) is 4.74 Å². The number of nitrogens with one attached hydrogen (secondary N) is 1. The fraction of sp³-hybridized carbons (Fsp3) is 0.583. The second-order valence-corrected chi connectivity index (χ2v) is 4.13. The van der Waals surface area contributed by atoms with Gasteiger partial charge < -0.3 is 20.1 Å². The van der Waals surface area contributed by atoms with Crippen molar-refractivity contribution in [3.8, 4) is 0 Å². The molecule has 0 aliphatic carbocycles. The van der Waals surface area contributed by atoms with Gasteiger partial charge in [-0.2, -0.15) is 0 Å². The summed E-state index contributed by atoms with van der Waals surface area (Å²) in [4.78, 5) is 13.3. The minimum atomic E-state index is -0.597. The van der Waals surface area contributed by atoms with Crippen molar-refractivity contribution >= 4 is 11.7 Å². The number of aromatic nitrogens is 2. The zero-order chi connectivity index (χ0) is 14.3. The second kappa shape index (κ2) is 7.65. The lowest BCUT2D eigenvalue weighted by Crippen LogP contribution is -2.32. The molecule has 1 unspecified atom stereocenters. The summed E-state index contributed by atoms with van der Waals surface area (Å²) < 4.78 is 4.85.